The third-order valence-electron chi connectivity index (χ3n) is 6.50. The van der Waals surface area contributed by atoms with Crippen molar-refractivity contribution < 1.29 is 9.59 Å². The molecule has 0 radical (unpaired) electrons. The molecule has 156 valence electrons. The number of pyridine rings is 1. The Morgan fingerprint density at radius 3 is 2.67 bits per heavy atom. The van der Waals surface area contributed by atoms with Gasteiger partial charge in [-0.05, 0) is 55.9 Å². The van der Waals surface area contributed by atoms with Gasteiger partial charge in [0.25, 0.3) is 5.91 Å². The molecule has 1 aliphatic heterocycles. The van der Waals surface area contributed by atoms with Gasteiger partial charge < -0.3 is 20.4 Å². The zero-order chi connectivity index (χ0) is 20.8. The predicted octanol–water partition coefficient (Wildman–Crippen LogP) is 2.50. The number of carbonyl (C=O) groups excluding carboxylic acids is 2. The zero-order valence-corrected chi connectivity index (χ0v) is 17.7. The summed E-state index contributed by atoms with van der Waals surface area (Å²) in [4.78, 5) is 33.0. The molecule has 2 amide bonds. The van der Waals surface area contributed by atoms with Crippen LogP contribution in [0.25, 0.3) is 5.52 Å². The topological polar surface area (TPSA) is 92.7 Å². The Bertz CT molecular complexity index is 1110. The Labute approximate surface area is 178 Å². The smallest absolute Gasteiger partial charge is 0.268 e. The van der Waals surface area contributed by atoms with Crippen LogP contribution in [0.3, 0.4) is 0 Å². The van der Waals surface area contributed by atoms with Gasteiger partial charge in [0.15, 0.2) is 5.13 Å². The normalized spacial score (nSPS) is 23.1. The monoisotopic (exact) mass is 423 g/mol. The highest BCUT2D eigenvalue weighted by Crippen LogP contribution is 2.37. The molecule has 8 heteroatoms. The number of anilines is 1. The Morgan fingerprint density at radius 1 is 1.20 bits per heavy atom. The van der Waals surface area contributed by atoms with Crippen LogP contribution in [0.1, 0.15) is 33.9 Å². The van der Waals surface area contributed by atoms with Crippen molar-refractivity contribution in [1.29, 1.82) is 0 Å². The number of piperidine rings is 1. The van der Waals surface area contributed by atoms with Gasteiger partial charge in [0.2, 0.25) is 5.91 Å². The van der Waals surface area contributed by atoms with Gasteiger partial charge in [-0.2, -0.15) is 0 Å². The minimum absolute atomic E-state index is 0.0429. The van der Waals surface area contributed by atoms with Crippen molar-refractivity contribution >= 4 is 33.8 Å². The summed E-state index contributed by atoms with van der Waals surface area (Å²) in [7, 11) is 0. The molecule has 3 N–H and O–H groups in total. The summed E-state index contributed by atoms with van der Waals surface area (Å²) in [5.41, 5.74) is 8.27. The summed E-state index contributed by atoms with van der Waals surface area (Å²) in [5.74, 6) is 0.686. The molecule has 1 unspecified atom stereocenters. The molecule has 4 heterocycles. The maximum atomic E-state index is 13.0. The van der Waals surface area contributed by atoms with Gasteiger partial charge in [0, 0.05) is 35.7 Å². The van der Waals surface area contributed by atoms with E-state index in [2.05, 4.69) is 10.3 Å². The fraction of sp³-hybridized carbons (Fsp3) is 0.409. The molecule has 3 atom stereocenters. The van der Waals surface area contributed by atoms with E-state index in [0.29, 0.717) is 42.2 Å². The van der Waals surface area contributed by atoms with Crippen molar-refractivity contribution in [1.82, 2.24) is 19.6 Å². The lowest BCUT2D eigenvalue weighted by Crippen LogP contribution is -2.54. The van der Waals surface area contributed by atoms with Crippen molar-refractivity contribution in [3.05, 3.63) is 52.8 Å². The van der Waals surface area contributed by atoms with E-state index in [-0.39, 0.29) is 17.9 Å². The number of nitrogen functional groups attached to an aromatic ring is 1. The molecule has 3 aromatic heterocycles. The van der Waals surface area contributed by atoms with E-state index in [1.54, 1.807) is 0 Å². The number of fused-ring (bicyclic) bond motifs is 3. The molecule has 2 bridgehead atoms. The highest BCUT2D eigenvalue weighted by molar-refractivity contribution is 7.15. The van der Waals surface area contributed by atoms with E-state index in [1.807, 2.05) is 52.8 Å². The molecular weight excluding hydrogens is 398 g/mol. The molecular formula is C22H25N5O2S. The van der Waals surface area contributed by atoms with Crippen molar-refractivity contribution in [3.8, 4) is 0 Å². The fourth-order valence-electron chi connectivity index (χ4n) is 4.99. The third kappa shape index (κ3) is 3.35. The Morgan fingerprint density at radius 2 is 1.97 bits per heavy atom. The third-order valence-corrected chi connectivity index (χ3v) is 7.49. The fourth-order valence-corrected chi connectivity index (χ4v) is 5.82. The lowest BCUT2D eigenvalue weighted by atomic mass is 9.91. The second-order valence-electron chi connectivity index (χ2n) is 8.35. The van der Waals surface area contributed by atoms with Gasteiger partial charge >= 0.3 is 0 Å². The largest absolute Gasteiger partial charge is 0.375 e. The number of nitrogens with two attached hydrogens (primary N) is 1. The van der Waals surface area contributed by atoms with E-state index in [9.17, 15) is 9.59 Å². The van der Waals surface area contributed by atoms with Gasteiger partial charge in [-0.25, -0.2) is 4.98 Å². The highest BCUT2D eigenvalue weighted by atomic mass is 32.1. The first-order valence-corrected chi connectivity index (χ1v) is 11.2. The van der Waals surface area contributed by atoms with E-state index < -0.39 is 0 Å². The molecule has 0 aromatic carbocycles. The predicted molar refractivity (Wildman–Crippen MR) is 116 cm³/mol. The number of rotatable bonds is 4. The Kier molecular flexibility index (Phi) is 4.73. The maximum Gasteiger partial charge on any atom is 0.268 e. The van der Waals surface area contributed by atoms with Gasteiger partial charge in [-0.3, -0.25) is 9.59 Å². The molecule has 3 aromatic rings. The number of hydrogen-bond donors (Lipinski definition) is 2. The average Bonchev–Trinajstić information content (AvgIpc) is 3.35. The van der Waals surface area contributed by atoms with Crippen molar-refractivity contribution in [2.75, 3.05) is 18.8 Å². The van der Waals surface area contributed by atoms with Gasteiger partial charge in [-0.15, -0.1) is 11.3 Å². The lowest BCUT2D eigenvalue weighted by Gasteiger charge is -2.38. The second-order valence-corrected chi connectivity index (χ2v) is 9.46. The molecule has 2 fully saturated rings. The zero-order valence-electron chi connectivity index (χ0n) is 16.9. The van der Waals surface area contributed by atoms with Crippen molar-refractivity contribution in [2.45, 2.75) is 32.2 Å². The Balaban J connectivity index is 1.26. The molecule has 30 heavy (non-hydrogen) atoms. The number of nitrogens with one attached hydrogen (secondary N) is 1. The van der Waals surface area contributed by atoms with Crippen LogP contribution in [0.15, 0.2) is 36.5 Å². The summed E-state index contributed by atoms with van der Waals surface area (Å²) < 4.78 is 1.92. The summed E-state index contributed by atoms with van der Waals surface area (Å²) in [6, 6.07) is 9.83. The molecule has 7 nitrogen and oxygen atoms in total. The molecule has 1 saturated heterocycles. The quantitative estimate of drug-likeness (QED) is 0.674. The van der Waals surface area contributed by atoms with Gasteiger partial charge in [0.05, 0.1) is 12.1 Å². The number of hydrogen-bond acceptors (Lipinski definition) is 5. The van der Waals surface area contributed by atoms with E-state index in [1.165, 1.54) is 11.3 Å². The summed E-state index contributed by atoms with van der Waals surface area (Å²) in [6.07, 6.45) is 4.35. The van der Waals surface area contributed by atoms with E-state index in [4.69, 9.17) is 5.73 Å². The van der Waals surface area contributed by atoms with Crippen molar-refractivity contribution in [3.63, 3.8) is 0 Å². The number of aromatic nitrogens is 2. The van der Waals surface area contributed by atoms with Crippen LogP contribution >= 0.6 is 11.3 Å². The van der Waals surface area contributed by atoms with Crippen LogP contribution in [0.4, 0.5) is 5.13 Å². The molecule has 5 rings (SSSR count). The standard InChI is InChI=1S/C22H25N5O2S/c1-13-18(30-22(23)24-13)10-19(28)26-11-14-5-6-15(12-26)20(14)25-21(29)17-8-7-16-4-2-3-9-27(16)17/h2-4,7-9,14-15,20H,5-6,10-12H2,1H3,(H2,23,24)(H,25,29)/t14-,15+,20?. The minimum Gasteiger partial charge on any atom is -0.375 e. The van der Waals surface area contributed by atoms with Crippen LogP contribution in [0.5, 0.6) is 0 Å². The SMILES string of the molecule is Cc1nc(N)sc1CC(=O)N1C[C@H]2CC[C@@H](C1)C2NC(=O)c1ccc2ccccn12. The highest BCUT2D eigenvalue weighted by Gasteiger charge is 2.44. The first-order valence-electron chi connectivity index (χ1n) is 10.4. The van der Waals surface area contributed by atoms with Crippen molar-refractivity contribution in [2.24, 2.45) is 11.8 Å². The van der Waals surface area contributed by atoms with Gasteiger partial charge in [0.1, 0.15) is 5.69 Å². The first-order chi connectivity index (χ1) is 14.5. The number of carbonyl (C=O) groups is 2. The number of likely N-dealkylation sites (tertiary alicyclic amines) is 1. The summed E-state index contributed by atoms with van der Waals surface area (Å²) in [6.45, 7) is 3.29. The van der Waals surface area contributed by atoms with Crippen LogP contribution in [-0.2, 0) is 11.2 Å². The number of amides is 2. The van der Waals surface area contributed by atoms with E-state index in [0.717, 1.165) is 28.9 Å². The maximum absolute atomic E-state index is 13.0. The minimum atomic E-state index is -0.0429. The average molecular weight is 424 g/mol. The second kappa shape index (κ2) is 7.43. The lowest BCUT2D eigenvalue weighted by molar-refractivity contribution is -0.132. The van der Waals surface area contributed by atoms with Crippen LogP contribution in [0, 0.1) is 18.8 Å². The summed E-state index contributed by atoms with van der Waals surface area (Å²) in [5, 5.41) is 3.78. The summed E-state index contributed by atoms with van der Waals surface area (Å²) >= 11 is 1.39. The van der Waals surface area contributed by atoms with Crippen LogP contribution in [0.2, 0.25) is 0 Å². The van der Waals surface area contributed by atoms with Gasteiger partial charge in [-0.1, -0.05) is 6.07 Å². The molecule has 0 spiro atoms. The van der Waals surface area contributed by atoms with E-state index >= 15 is 0 Å². The van der Waals surface area contributed by atoms with Crippen LogP contribution < -0.4 is 11.1 Å². The first kappa shape index (κ1) is 19.1. The number of aryl methyl sites for hydroxylation is 1. The molecule has 2 aliphatic rings. The Hall–Kier alpha value is -2.87. The molecule has 1 aliphatic carbocycles. The number of nitrogens with zero attached hydrogens (tertiary/aromatic N) is 3. The molecule has 1 saturated carbocycles. The number of thiazole rings is 1. The van der Waals surface area contributed by atoms with Crippen LogP contribution in [-0.4, -0.2) is 45.2 Å².